The average Bonchev–Trinajstić information content (AvgIpc) is 3.63. The van der Waals surface area contributed by atoms with Crippen molar-refractivity contribution >= 4 is 28.3 Å². The van der Waals surface area contributed by atoms with Gasteiger partial charge in [-0.15, -0.1) is 0 Å². The average molecular weight is 529 g/mol. The second-order valence-electron chi connectivity index (χ2n) is 11.1. The molecule has 2 N–H and O–H groups in total. The minimum atomic E-state index is 0.0687. The Balaban J connectivity index is 1.14. The molecule has 10 nitrogen and oxygen atoms in total. The Hall–Kier alpha value is -3.50. The standard InChI is InChI=1S/C29H36N8O2/c38-29(36-9-2-1-3-10-36)24-18-33-37-11-8-20(16-25(24)37)23-17-30-27-26(23)28(32-19-31-27)34-21-4-6-22(7-5-21)35-12-14-39-15-13-35/h8,11,16-19,21-22H,1-7,9-10,12-15H2,(H2,30,31,32,34)/t21-,22-. The van der Waals surface area contributed by atoms with E-state index in [9.17, 15) is 4.79 Å². The number of aromatic nitrogens is 5. The Bertz CT molecular complexity index is 1460. The van der Waals surface area contributed by atoms with Crippen molar-refractivity contribution in [3.8, 4) is 11.1 Å². The Morgan fingerprint density at radius 3 is 2.67 bits per heavy atom. The molecular weight excluding hydrogens is 492 g/mol. The van der Waals surface area contributed by atoms with Gasteiger partial charge in [0.05, 0.1) is 35.9 Å². The maximum Gasteiger partial charge on any atom is 0.257 e. The van der Waals surface area contributed by atoms with Gasteiger partial charge in [0.15, 0.2) is 0 Å². The molecule has 0 bridgehead atoms. The Labute approximate surface area is 227 Å². The molecular formula is C29H36N8O2. The smallest absolute Gasteiger partial charge is 0.257 e. The van der Waals surface area contributed by atoms with Crippen LogP contribution < -0.4 is 5.32 Å². The first kappa shape index (κ1) is 24.5. The zero-order valence-corrected chi connectivity index (χ0v) is 22.3. The fraction of sp³-hybridized carbons (Fsp3) is 0.517. The molecule has 0 spiro atoms. The van der Waals surface area contributed by atoms with Crippen molar-refractivity contribution in [2.75, 3.05) is 44.7 Å². The molecule has 0 radical (unpaired) electrons. The second kappa shape index (κ2) is 10.6. The van der Waals surface area contributed by atoms with Crippen LogP contribution in [0.15, 0.2) is 37.1 Å². The molecule has 3 fully saturated rings. The number of pyridine rings is 1. The lowest BCUT2D eigenvalue weighted by Gasteiger charge is -2.39. The Morgan fingerprint density at radius 1 is 1.03 bits per heavy atom. The number of piperidine rings is 1. The first-order valence-corrected chi connectivity index (χ1v) is 14.4. The topological polar surface area (TPSA) is 104 Å². The van der Waals surface area contributed by atoms with Crippen LogP contribution in [-0.2, 0) is 4.74 Å². The summed E-state index contributed by atoms with van der Waals surface area (Å²) >= 11 is 0. The predicted octanol–water partition coefficient (Wildman–Crippen LogP) is 3.95. The molecule has 2 saturated heterocycles. The highest BCUT2D eigenvalue weighted by atomic mass is 16.5. The van der Waals surface area contributed by atoms with E-state index in [1.807, 2.05) is 23.4 Å². The summed E-state index contributed by atoms with van der Waals surface area (Å²) in [4.78, 5) is 30.4. The Kier molecular flexibility index (Phi) is 6.65. The summed E-state index contributed by atoms with van der Waals surface area (Å²) in [5.74, 6) is 0.934. The summed E-state index contributed by atoms with van der Waals surface area (Å²) in [7, 11) is 0. The van der Waals surface area contributed by atoms with E-state index in [1.54, 1.807) is 17.0 Å². The van der Waals surface area contributed by atoms with E-state index in [4.69, 9.17) is 4.74 Å². The van der Waals surface area contributed by atoms with E-state index in [0.717, 1.165) is 98.6 Å². The van der Waals surface area contributed by atoms with Gasteiger partial charge in [0.25, 0.3) is 5.91 Å². The van der Waals surface area contributed by atoms with Crippen molar-refractivity contribution in [2.24, 2.45) is 0 Å². The van der Waals surface area contributed by atoms with Crippen LogP contribution in [0, 0.1) is 0 Å². The molecule has 204 valence electrons. The van der Waals surface area contributed by atoms with Crippen molar-refractivity contribution in [2.45, 2.75) is 57.0 Å². The third-order valence-corrected chi connectivity index (χ3v) is 8.78. The van der Waals surface area contributed by atoms with Gasteiger partial charge in [-0.3, -0.25) is 9.69 Å². The number of fused-ring (bicyclic) bond motifs is 2. The highest BCUT2D eigenvalue weighted by Gasteiger charge is 2.28. The fourth-order valence-electron chi connectivity index (χ4n) is 6.60. The van der Waals surface area contributed by atoms with Gasteiger partial charge >= 0.3 is 0 Å². The first-order valence-electron chi connectivity index (χ1n) is 14.4. The molecule has 3 aliphatic rings. The van der Waals surface area contributed by atoms with Gasteiger partial charge in [-0.2, -0.15) is 5.10 Å². The predicted molar refractivity (Wildman–Crippen MR) is 150 cm³/mol. The van der Waals surface area contributed by atoms with Gasteiger partial charge in [0, 0.05) is 56.2 Å². The normalized spacial score (nSPS) is 22.9. The van der Waals surface area contributed by atoms with Gasteiger partial charge in [-0.05, 0) is 62.6 Å². The van der Waals surface area contributed by atoms with E-state index in [-0.39, 0.29) is 5.91 Å². The van der Waals surface area contributed by atoms with E-state index in [0.29, 0.717) is 17.6 Å². The molecule has 39 heavy (non-hydrogen) atoms. The summed E-state index contributed by atoms with van der Waals surface area (Å²) in [6, 6.07) is 5.15. The quantitative estimate of drug-likeness (QED) is 0.404. The number of hydrogen-bond acceptors (Lipinski definition) is 7. The third kappa shape index (κ3) is 4.76. The fourth-order valence-corrected chi connectivity index (χ4v) is 6.60. The minimum Gasteiger partial charge on any atom is -0.379 e. The van der Waals surface area contributed by atoms with Gasteiger partial charge in [-0.1, -0.05) is 0 Å². The molecule has 6 heterocycles. The maximum atomic E-state index is 13.3. The molecule has 0 atom stereocenters. The van der Waals surface area contributed by atoms with Gasteiger partial charge in [0.1, 0.15) is 17.8 Å². The van der Waals surface area contributed by atoms with Gasteiger partial charge in [0.2, 0.25) is 0 Å². The molecule has 10 heteroatoms. The summed E-state index contributed by atoms with van der Waals surface area (Å²) in [6.45, 7) is 5.44. The second-order valence-corrected chi connectivity index (χ2v) is 11.1. The molecule has 0 unspecified atom stereocenters. The minimum absolute atomic E-state index is 0.0687. The Morgan fingerprint density at radius 2 is 1.85 bits per heavy atom. The lowest BCUT2D eigenvalue weighted by atomic mass is 9.90. The van der Waals surface area contributed by atoms with Crippen molar-refractivity contribution in [3.63, 3.8) is 0 Å². The summed E-state index contributed by atoms with van der Waals surface area (Å²) < 4.78 is 7.33. The number of morpholine rings is 1. The molecule has 4 aromatic rings. The maximum absolute atomic E-state index is 13.3. The summed E-state index contributed by atoms with van der Waals surface area (Å²) in [5, 5.41) is 9.21. The van der Waals surface area contributed by atoms with Crippen LogP contribution in [0.3, 0.4) is 0 Å². The highest BCUT2D eigenvalue weighted by Crippen LogP contribution is 2.35. The molecule has 2 aliphatic heterocycles. The van der Waals surface area contributed by atoms with Crippen molar-refractivity contribution in [3.05, 3.63) is 42.6 Å². The van der Waals surface area contributed by atoms with E-state index in [1.165, 1.54) is 19.3 Å². The lowest BCUT2D eigenvalue weighted by molar-refractivity contribution is 0.00791. The molecule has 0 aromatic carbocycles. The number of aromatic amines is 1. The van der Waals surface area contributed by atoms with Crippen LogP contribution in [0.4, 0.5) is 5.82 Å². The number of rotatable bonds is 5. The van der Waals surface area contributed by atoms with Crippen LogP contribution in [0.2, 0.25) is 0 Å². The summed E-state index contributed by atoms with van der Waals surface area (Å²) in [6.07, 6.45) is 15.2. The SMILES string of the molecule is O=C(c1cnn2ccc(-c3c[nH]c4ncnc(N[C@H]5CC[C@H](N6CCOCC6)CC5)c34)cc12)N1CCCCC1. The number of amides is 1. The molecule has 4 aromatic heterocycles. The van der Waals surface area contributed by atoms with Crippen molar-refractivity contribution in [1.29, 1.82) is 0 Å². The molecule has 1 saturated carbocycles. The highest BCUT2D eigenvalue weighted by molar-refractivity contribution is 6.04. The first-order chi connectivity index (χ1) is 19.2. The number of carbonyl (C=O) groups excluding carboxylic acids is 1. The van der Waals surface area contributed by atoms with E-state index in [2.05, 4.69) is 36.3 Å². The summed E-state index contributed by atoms with van der Waals surface area (Å²) in [5.41, 5.74) is 4.32. The van der Waals surface area contributed by atoms with Crippen LogP contribution in [0.1, 0.15) is 55.3 Å². The molecule has 7 rings (SSSR count). The number of carbonyl (C=O) groups is 1. The number of nitrogens with zero attached hydrogens (tertiary/aromatic N) is 6. The van der Waals surface area contributed by atoms with Crippen LogP contribution in [0.5, 0.6) is 0 Å². The molecule has 1 amide bonds. The van der Waals surface area contributed by atoms with Crippen LogP contribution >= 0.6 is 0 Å². The lowest BCUT2D eigenvalue weighted by Crippen LogP contribution is -2.46. The largest absolute Gasteiger partial charge is 0.379 e. The number of H-pyrrole nitrogens is 1. The number of anilines is 1. The zero-order valence-electron chi connectivity index (χ0n) is 22.3. The number of hydrogen-bond donors (Lipinski definition) is 2. The van der Waals surface area contributed by atoms with E-state index >= 15 is 0 Å². The third-order valence-electron chi connectivity index (χ3n) is 8.78. The van der Waals surface area contributed by atoms with E-state index < -0.39 is 0 Å². The number of nitrogens with one attached hydrogen (secondary N) is 2. The number of ether oxygens (including phenoxy) is 1. The van der Waals surface area contributed by atoms with Crippen LogP contribution in [0.25, 0.3) is 27.7 Å². The van der Waals surface area contributed by atoms with Crippen LogP contribution in [-0.4, -0.2) is 91.7 Å². The van der Waals surface area contributed by atoms with Gasteiger partial charge < -0.3 is 19.9 Å². The monoisotopic (exact) mass is 528 g/mol. The van der Waals surface area contributed by atoms with Gasteiger partial charge in [-0.25, -0.2) is 14.5 Å². The van der Waals surface area contributed by atoms with Crippen molar-refractivity contribution < 1.29 is 9.53 Å². The van der Waals surface area contributed by atoms with Crippen molar-refractivity contribution in [1.82, 2.24) is 34.4 Å². The zero-order chi connectivity index (χ0) is 26.2. The number of likely N-dealkylation sites (tertiary alicyclic amines) is 1. The molecule has 1 aliphatic carbocycles.